The fraction of sp³-hybridized carbons (Fsp3) is 0.467. The second-order valence-electron chi connectivity index (χ2n) is 5.16. The van der Waals surface area contributed by atoms with Crippen molar-refractivity contribution in [2.75, 3.05) is 33.7 Å². The van der Waals surface area contributed by atoms with Gasteiger partial charge < -0.3 is 9.80 Å². The molecular formula is C15H22N4O. The number of rotatable bonds is 6. The van der Waals surface area contributed by atoms with E-state index in [9.17, 15) is 4.79 Å². The topological polar surface area (TPSA) is 52.2 Å². The Morgan fingerprint density at radius 3 is 2.70 bits per heavy atom. The molecule has 1 aromatic heterocycles. The molecule has 20 heavy (non-hydrogen) atoms. The van der Waals surface area contributed by atoms with Crippen LogP contribution in [0.25, 0.3) is 10.9 Å². The summed E-state index contributed by atoms with van der Waals surface area (Å²) in [5, 5.41) is 7.99. The van der Waals surface area contributed by atoms with E-state index in [1.807, 2.05) is 50.2 Å². The molecular weight excluding hydrogens is 252 g/mol. The van der Waals surface area contributed by atoms with E-state index in [0.29, 0.717) is 12.2 Å². The van der Waals surface area contributed by atoms with Crippen LogP contribution in [-0.4, -0.2) is 59.6 Å². The van der Waals surface area contributed by atoms with Crippen LogP contribution < -0.4 is 0 Å². The summed E-state index contributed by atoms with van der Waals surface area (Å²) in [7, 11) is 4.08. The second kappa shape index (κ2) is 6.52. The van der Waals surface area contributed by atoms with E-state index in [4.69, 9.17) is 0 Å². The van der Waals surface area contributed by atoms with Crippen molar-refractivity contribution in [3.8, 4) is 0 Å². The van der Waals surface area contributed by atoms with Crippen LogP contribution in [-0.2, 0) is 0 Å². The first kappa shape index (κ1) is 14.5. The minimum atomic E-state index is 0.00343. The summed E-state index contributed by atoms with van der Waals surface area (Å²) in [5.74, 6) is 0.00343. The van der Waals surface area contributed by atoms with Crippen molar-refractivity contribution < 1.29 is 4.79 Å². The number of H-pyrrole nitrogens is 1. The lowest BCUT2D eigenvalue weighted by Crippen LogP contribution is -2.33. The van der Waals surface area contributed by atoms with Crippen molar-refractivity contribution in [3.05, 3.63) is 30.0 Å². The number of aromatic nitrogens is 2. The molecule has 0 saturated heterocycles. The summed E-state index contributed by atoms with van der Waals surface area (Å²) in [5.41, 5.74) is 1.42. The predicted molar refractivity (Wildman–Crippen MR) is 80.8 cm³/mol. The van der Waals surface area contributed by atoms with Crippen LogP contribution >= 0.6 is 0 Å². The van der Waals surface area contributed by atoms with E-state index in [0.717, 1.165) is 30.4 Å². The molecule has 0 aliphatic rings. The van der Waals surface area contributed by atoms with Crippen LogP contribution in [0, 0.1) is 0 Å². The zero-order chi connectivity index (χ0) is 14.5. The van der Waals surface area contributed by atoms with Crippen molar-refractivity contribution in [1.82, 2.24) is 20.0 Å². The largest absolute Gasteiger partial charge is 0.337 e. The molecule has 5 heteroatoms. The SMILES string of the molecule is CCN(CCCN(C)C)C(=O)c1n[nH]c2ccccc12. The number of para-hydroxylation sites is 1. The van der Waals surface area contributed by atoms with Gasteiger partial charge >= 0.3 is 0 Å². The lowest BCUT2D eigenvalue weighted by molar-refractivity contribution is 0.0755. The van der Waals surface area contributed by atoms with Gasteiger partial charge in [0.25, 0.3) is 5.91 Å². The van der Waals surface area contributed by atoms with Gasteiger partial charge in [0.1, 0.15) is 0 Å². The average molecular weight is 274 g/mol. The van der Waals surface area contributed by atoms with Gasteiger partial charge in [0.05, 0.1) is 5.52 Å². The third-order valence-corrected chi connectivity index (χ3v) is 3.38. The molecule has 0 spiro atoms. The van der Waals surface area contributed by atoms with Gasteiger partial charge in [0, 0.05) is 18.5 Å². The van der Waals surface area contributed by atoms with Gasteiger partial charge in [0.2, 0.25) is 0 Å². The highest BCUT2D eigenvalue weighted by Crippen LogP contribution is 2.16. The van der Waals surface area contributed by atoms with Crippen molar-refractivity contribution in [2.45, 2.75) is 13.3 Å². The summed E-state index contributed by atoms with van der Waals surface area (Å²) in [6.07, 6.45) is 0.967. The van der Waals surface area contributed by atoms with Gasteiger partial charge in [-0.1, -0.05) is 18.2 Å². The maximum Gasteiger partial charge on any atom is 0.274 e. The Bertz CT molecular complexity index is 576. The number of carbonyl (C=O) groups excluding carboxylic acids is 1. The van der Waals surface area contributed by atoms with Crippen molar-refractivity contribution in [3.63, 3.8) is 0 Å². The Balaban J connectivity index is 2.12. The van der Waals surface area contributed by atoms with E-state index in [1.165, 1.54) is 0 Å². The molecule has 0 unspecified atom stereocenters. The van der Waals surface area contributed by atoms with Crippen LogP contribution in [0.4, 0.5) is 0 Å². The van der Waals surface area contributed by atoms with Gasteiger partial charge in [-0.15, -0.1) is 0 Å². The van der Waals surface area contributed by atoms with Crippen molar-refractivity contribution >= 4 is 16.8 Å². The number of aromatic amines is 1. The molecule has 5 nitrogen and oxygen atoms in total. The smallest absolute Gasteiger partial charge is 0.274 e. The molecule has 1 N–H and O–H groups in total. The number of carbonyl (C=O) groups is 1. The van der Waals surface area contributed by atoms with E-state index in [2.05, 4.69) is 15.1 Å². The first-order chi connectivity index (χ1) is 9.63. The van der Waals surface area contributed by atoms with Crippen LogP contribution in [0.2, 0.25) is 0 Å². The summed E-state index contributed by atoms with van der Waals surface area (Å²) in [6.45, 7) is 4.44. The molecule has 1 aromatic carbocycles. The molecule has 0 radical (unpaired) electrons. The second-order valence-corrected chi connectivity index (χ2v) is 5.16. The Morgan fingerprint density at radius 1 is 1.25 bits per heavy atom. The predicted octanol–water partition coefficient (Wildman–Crippen LogP) is 1.98. The molecule has 0 saturated carbocycles. The van der Waals surface area contributed by atoms with E-state index in [1.54, 1.807) is 0 Å². The van der Waals surface area contributed by atoms with E-state index in [-0.39, 0.29) is 5.91 Å². The van der Waals surface area contributed by atoms with E-state index >= 15 is 0 Å². The summed E-state index contributed by atoms with van der Waals surface area (Å²) < 4.78 is 0. The molecule has 0 fully saturated rings. The third kappa shape index (κ3) is 3.17. The van der Waals surface area contributed by atoms with Crippen LogP contribution in [0.15, 0.2) is 24.3 Å². The van der Waals surface area contributed by atoms with Gasteiger partial charge in [-0.05, 0) is 40.1 Å². The third-order valence-electron chi connectivity index (χ3n) is 3.38. The van der Waals surface area contributed by atoms with Gasteiger partial charge in [0.15, 0.2) is 5.69 Å². The molecule has 0 atom stereocenters. The molecule has 0 bridgehead atoms. The Hall–Kier alpha value is -1.88. The van der Waals surface area contributed by atoms with Gasteiger partial charge in [-0.3, -0.25) is 9.89 Å². The molecule has 0 aliphatic carbocycles. The number of fused-ring (bicyclic) bond motifs is 1. The van der Waals surface area contributed by atoms with Crippen molar-refractivity contribution in [2.24, 2.45) is 0 Å². The quantitative estimate of drug-likeness (QED) is 0.876. The highest BCUT2D eigenvalue weighted by Gasteiger charge is 2.19. The first-order valence-corrected chi connectivity index (χ1v) is 7.00. The monoisotopic (exact) mass is 274 g/mol. The minimum Gasteiger partial charge on any atom is -0.337 e. The molecule has 1 amide bonds. The number of benzene rings is 1. The van der Waals surface area contributed by atoms with E-state index < -0.39 is 0 Å². The fourth-order valence-electron chi connectivity index (χ4n) is 2.26. The number of nitrogens with one attached hydrogen (secondary N) is 1. The number of nitrogens with zero attached hydrogens (tertiary/aromatic N) is 3. The number of hydrogen-bond acceptors (Lipinski definition) is 3. The number of hydrogen-bond donors (Lipinski definition) is 1. The maximum absolute atomic E-state index is 12.6. The average Bonchev–Trinajstić information content (AvgIpc) is 2.86. The molecule has 1 heterocycles. The lowest BCUT2D eigenvalue weighted by Gasteiger charge is -2.21. The highest BCUT2D eigenvalue weighted by molar-refractivity contribution is 6.04. The normalized spacial score (nSPS) is 11.2. The van der Waals surface area contributed by atoms with Crippen LogP contribution in [0.3, 0.4) is 0 Å². The van der Waals surface area contributed by atoms with Gasteiger partial charge in [-0.2, -0.15) is 5.10 Å². The molecule has 108 valence electrons. The summed E-state index contributed by atoms with van der Waals surface area (Å²) >= 11 is 0. The van der Waals surface area contributed by atoms with Crippen LogP contribution in [0.1, 0.15) is 23.8 Å². The zero-order valence-electron chi connectivity index (χ0n) is 12.4. The Morgan fingerprint density at radius 2 is 2.00 bits per heavy atom. The van der Waals surface area contributed by atoms with Crippen LogP contribution in [0.5, 0.6) is 0 Å². The first-order valence-electron chi connectivity index (χ1n) is 7.00. The molecule has 2 rings (SSSR count). The maximum atomic E-state index is 12.6. The minimum absolute atomic E-state index is 0.00343. The lowest BCUT2D eigenvalue weighted by atomic mass is 10.2. The van der Waals surface area contributed by atoms with Crippen molar-refractivity contribution in [1.29, 1.82) is 0 Å². The number of amides is 1. The fourth-order valence-corrected chi connectivity index (χ4v) is 2.26. The molecule has 0 aliphatic heterocycles. The highest BCUT2D eigenvalue weighted by atomic mass is 16.2. The standard InChI is InChI=1S/C15H22N4O/c1-4-19(11-7-10-18(2)3)15(20)14-12-8-5-6-9-13(12)16-17-14/h5-6,8-9H,4,7,10-11H2,1-3H3,(H,16,17). The molecule has 2 aromatic rings. The van der Waals surface area contributed by atoms with Gasteiger partial charge in [-0.25, -0.2) is 0 Å². The Kier molecular flexibility index (Phi) is 4.74. The summed E-state index contributed by atoms with van der Waals surface area (Å²) in [6, 6.07) is 7.72. The Labute approximate surface area is 119 Å². The summed E-state index contributed by atoms with van der Waals surface area (Å²) in [4.78, 5) is 16.5. The zero-order valence-corrected chi connectivity index (χ0v) is 12.4.